The zero-order valence-electron chi connectivity index (χ0n) is 17.5. The van der Waals surface area contributed by atoms with Gasteiger partial charge >= 0.3 is 0 Å². The summed E-state index contributed by atoms with van der Waals surface area (Å²) in [4.78, 5) is 19.1. The summed E-state index contributed by atoms with van der Waals surface area (Å²) in [5, 5.41) is 15.2. The zero-order chi connectivity index (χ0) is 22.5. The lowest BCUT2D eigenvalue weighted by atomic mass is 10.1. The molecule has 1 unspecified atom stereocenters. The van der Waals surface area contributed by atoms with Gasteiger partial charge < -0.3 is 20.1 Å². The van der Waals surface area contributed by atoms with Crippen molar-refractivity contribution < 1.29 is 14.6 Å². The van der Waals surface area contributed by atoms with Crippen LogP contribution in [0.3, 0.4) is 0 Å². The summed E-state index contributed by atoms with van der Waals surface area (Å²) >= 11 is 12.0. The summed E-state index contributed by atoms with van der Waals surface area (Å²) in [6.45, 7) is 2.30. The highest BCUT2D eigenvalue weighted by molar-refractivity contribution is 6.42. The standard InChI is InChI=1S/C24H25Cl2N3O3/c25-21-7-6-19(13-22(21)26)32-18-8-11-29(12-9-18)15-17(30)14-28-24(31)20-5-1-3-16-4-2-10-27-23(16)20/h1-7,10,13,17-18,30H,8-9,11-12,14-15H2,(H,28,31). The van der Waals surface area contributed by atoms with Gasteiger partial charge in [0.2, 0.25) is 0 Å². The van der Waals surface area contributed by atoms with Gasteiger partial charge in [-0.25, -0.2) is 0 Å². The molecular formula is C24H25Cl2N3O3. The lowest BCUT2D eigenvalue weighted by molar-refractivity contribution is 0.0594. The second-order valence-electron chi connectivity index (χ2n) is 7.94. The Bertz CT molecular complexity index is 1080. The molecule has 1 saturated heterocycles. The molecule has 4 rings (SSSR count). The minimum absolute atomic E-state index is 0.0965. The number of ether oxygens (including phenoxy) is 1. The van der Waals surface area contributed by atoms with Crippen LogP contribution in [0.2, 0.25) is 10.0 Å². The summed E-state index contributed by atoms with van der Waals surface area (Å²) < 4.78 is 6.01. The van der Waals surface area contributed by atoms with Crippen molar-refractivity contribution in [3.63, 3.8) is 0 Å². The number of hydrogen-bond donors (Lipinski definition) is 2. The van der Waals surface area contributed by atoms with Crippen molar-refractivity contribution in [2.75, 3.05) is 26.2 Å². The molecule has 1 aromatic heterocycles. The maximum absolute atomic E-state index is 12.6. The van der Waals surface area contributed by atoms with E-state index in [1.54, 1.807) is 24.4 Å². The first kappa shape index (κ1) is 22.8. The first-order valence-corrected chi connectivity index (χ1v) is 11.4. The largest absolute Gasteiger partial charge is 0.490 e. The Kier molecular flexibility index (Phi) is 7.48. The van der Waals surface area contributed by atoms with E-state index in [-0.39, 0.29) is 18.6 Å². The number of β-amino-alcohol motifs (C(OH)–C–C–N with tert-alkyl or cyclic N) is 1. The van der Waals surface area contributed by atoms with Crippen LogP contribution in [0.25, 0.3) is 10.9 Å². The summed E-state index contributed by atoms with van der Waals surface area (Å²) in [7, 11) is 0. The predicted molar refractivity (Wildman–Crippen MR) is 127 cm³/mol. The van der Waals surface area contributed by atoms with Crippen LogP contribution in [-0.4, -0.2) is 59.3 Å². The van der Waals surface area contributed by atoms with E-state index in [1.807, 2.05) is 30.3 Å². The number of benzene rings is 2. The zero-order valence-corrected chi connectivity index (χ0v) is 19.0. The Morgan fingerprint density at radius 3 is 2.72 bits per heavy atom. The molecule has 8 heteroatoms. The Balaban J connectivity index is 1.22. The van der Waals surface area contributed by atoms with Crippen LogP contribution >= 0.6 is 23.2 Å². The van der Waals surface area contributed by atoms with Gasteiger partial charge in [-0.3, -0.25) is 9.78 Å². The number of piperidine rings is 1. The fourth-order valence-electron chi connectivity index (χ4n) is 3.91. The van der Waals surface area contributed by atoms with E-state index in [9.17, 15) is 9.90 Å². The molecule has 1 aliphatic rings. The number of aliphatic hydroxyl groups is 1. The number of hydrogen-bond acceptors (Lipinski definition) is 5. The van der Waals surface area contributed by atoms with Gasteiger partial charge in [0.15, 0.2) is 0 Å². The topological polar surface area (TPSA) is 74.7 Å². The van der Waals surface area contributed by atoms with Crippen molar-refractivity contribution in [2.24, 2.45) is 0 Å². The van der Waals surface area contributed by atoms with Crippen LogP contribution in [-0.2, 0) is 0 Å². The van der Waals surface area contributed by atoms with Crippen molar-refractivity contribution in [1.82, 2.24) is 15.2 Å². The van der Waals surface area contributed by atoms with Crippen molar-refractivity contribution in [1.29, 1.82) is 0 Å². The quantitative estimate of drug-likeness (QED) is 0.538. The minimum atomic E-state index is -0.658. The minimum Gasteiger partial charge on any atom is -0.490 e. The molecule has 6 nitrogen and oxygen atoms in total. The van der Waals surface area contributed by atoms with E-state index < -0.39 is 6.10 Å². The SMILES string of the molecule is O=C(NCC(O)CN1CCC(Oc2ccc(Cl)c(Cl)c2)CC1)c1cccc2cccnc12. The second-order valence-corrected chi connectivity index (χ2v) is 8.75. The van der Waals surface area contributed by atoms with Gasteiger partial charge in [0.1, 0.15) is 11.9 Å². The number of aromatic nitrogens is 1. The van der Waals surface area contributed by atoms with Gasteiger partial charge in [-0.1, -0.05) is 41.4 Å². The van der Waals surface area contributed by atoms with Gasteiger partial charge in [0.05, 0.1) is 27.2 Å². The highest BCUT2D eigenvalue weighted by atomic mass is 35.5. The highest BCUT2D eigenvalue weighted by Gasteiger charge is 2.23. The molecule has 0 aliphatic carbocycles. The molecule has 0 radical (unpaired) electrons. The number of halogens is 2. The maximum Gasteiger partial charge on any atom is 0.253 e. The third kappa shape index (κ3) is 5.70. The van der Waals surface area contributed by atoms with Crippen molar-refractivity contribution in [3.8, 4) is 5.75 Å². The van der Waals surface area contributed by atoms with Gasteiger partial charge in [-0.2, -0.15) is 0 Å². The summed E-state index contributed by atoms with van der Waals surface area (Å²) in [5.74, 6) is 0.477. The molecule has 32 heavy (non-hydrogen) atoms. The number of rotatable bonds is 7. The molecule has 3 aromatic rings. The monoisotopic (exact) mass is 473 g/mol. The number of fused-ring (bicyclic) bond motifs is 1. The van der Waals surface area contributed by atoms with Crippen LogP contribution in [0.1, 0.15) is 23.2 Å². The number of carbonyl (C=O) groups is 1. The van der Waals surface area contributed by atoms with Crippen LogP contribution in [0.5, 0.6) is 5.75 Å². The second kappa shape index (κ2) is 10.5. The summed E-state index contributed by atoms with van der Waals surface area (Å²) in [6.07, 6.45) is 2.80. The average molecular weight is 474 g/mol. The number of carbonyl (C=O) groups excluding carboxylic acids is 1. The van der Waals surface area contributed by atoms with Crippen LogP contribution < -0.4 is 10.1 Å². The fraction of sp³-hybridized carbons (Fsp3) is 0.333. The molecular weight excluding hydrogens is 449 g/mol. The van der Waals surface area contributed by atoms with Crippen molar-refractivity contribution in [2.45, 2.75) is 25.0 Å². The molecule has 2 N–H and O–H groups in total. The smallest absolute Gasteiger partial charge is 0.253 e. The lowest BCUT2D eigenvalue weighted by Gasteiger charge is -2.33. The van der Waals surface area contributed by atoms with E-state index in [1.165, 1.54) is 0 Å². The van der Waals surface area contributed by atoms with Crippen molar-refractivity contribution >= 4 is 40.0 Å². The highest BCUT2D eigenvalue weighted by Crippen LogP contribution is 2.28. The molecule has 0 bridgehead atoms. The Morgan fingerprint density at radius 1 is 1.16 bits per heavy atom. The van der Waals surface area contributed by atoms with E-state index in [2.05, 4.69) is 15.2 Å². The number of amides is 1. The molecule has 0 saturated carbocycles. The van der Waals surface area contributed by atoms with E-state index in [4.69, 9.17) is 27.9 Å². The number of para-hydroxylation sites is 1. The van der Waals surface area contributed by atoms with Crippen LogP contribution in [0, 0.1) is 0 Å². The number of likely N-dealkylation sites (tertiary alicyclic amines) is 1. The molecule has 0 spiro atoms. The number of aliphatic hydroxyl groups excluding tert-OH is 1. The van der Waals surface area contributed by atoms with E-state index in [0.29, 0.717) is 33.4 Å². The van der Waals surface area contributed by atoms with E-state index >= 15 is 0 Å². The van der Waals surface area contributed by atoms with Crippen molar-refractivity contribution in [3.05, 3.63) is 70.3 Å². The molecule has 1 atom stereocenters. The number of nitrogens with zero attached hydrogens (tertiary/aromatic N) is 2. The first-order chi connectivity index (χ1) is 15.5. The van der Waals surface area contributed by atoms with Crippen LogP contribution in [0.15, 0.2) is 54.7 Å². The normalized spacial score (nSPS) is 16.1. The third-order valence-corrected chi connectivity index (χ3v) is 6.31. The molecule has 2 heterocycles. The predicted octanol–water partition coefficient (Wildman–Crippen LogP) is 4.18. The number of nitrogens with one attached hydrogen (secondary N) is 1. The third-order valence-electron chi connectivity index (χ3n) is 5.57. The summed E-state index contributed by atoms with van der Waals surface area (Å²) in [6, 6.07) is 14.5. The van der Waals surface area contributed by atoms with Gasteiger partial charge in [0, 0.05) is 43.8 Å². The molecule has 1 fully saturated rings. The number of pyridine rings is 1. The fourth-order valence-corrected chi connectivity index (χ4v) is 4.20. The lowest BCUT2D eigenvalue weighted by Crippen LogP contribution is -2.45. The average Bonchev–Trinajstić information content (AvgIpc) is 2.81. The molecule has 1 amide bonds. The first-order valence-electron chi connectivity index (χ1n) is 10.6. The molecule has 1 aliphatic heterocycles. The Labute approximate surface area is 197 Å². The van der Waals surface area contributed by atoms with E-state index in [0.717, 1.165) is 31.3 Å². The van der Waals surface area contributed by atoms with Gasteiger partial charge in [-0.15, -0.1) is 0 Å². The van der Waals surface area contributed by atoms with Crippen LogP contribution in [0.4, 0.5) is 0 Å². The summed E-state index contributed by atoms with van der Waals surface area (Å²) in [5.41, 5.74) is 1.17. The molecule has 2 aromatic carbocycles. The maximum atomic E-state index is 12.6. The Hall–Kier alpha value is -2.38. The molecule has 168 valence electrons. The van der Waals surface area contributed by atoms with Gasteiger partial charge in [-0.05, 0) is 37.1 Å². The Morgan fingerprint density at radius 2 is 1.94 bits per heavy atom. The van der Waals surface area contributed by atoms with Gasteiger partial charge in [0.25, 0.3) is 5.91 Å².